The van der Waals surface area contributed by atoms with Gasteiger partial charge in [-0.1, -0.05) is 5.21 Å². The second-order valence-corrected chi connectivity index (χ2v) is 9.55. The van der Waals surface area contributed by atoms with Crippen LogP contribution in [-0.2, 0) is 18.4 Å². The van der Waals surface area contributed by atoms with Gasteiger partial charge in [-0.25, -0.2) is 13.8 Å². The fourth-order valence-corrected chi connectivity index (χ4v) is 4.71. The van der Waals surface area contributed by atoms with E-state index in [0.717, 1.165) is 12.8 Å². The molecule has 4 rings (SSSR count). The topological polar surface area (TPSA) is 134 Å². The number of halogens is 2. The Kier molecular flexibility index (Phi) is 7.62. The lowest BCUT2D eigenvalue weighted by Crippen LogP contribution is -2.48. The highest BCUT2D eigenvalue weighted by Crippen LogP contribution is 2.41. The second kappa shape index (κ2) is 10.5. The summed E-state index contributed by atoms with van der Waals surface area (Å²) >= 11 is 0. The molecule has 0 aromatic carbocycles. The van der Waals surface area contributed by atoms with Gasteiger partial charge in [0.25, 0.3) is 0 Å². The smallest absolute Gasteiger partial charge is 0.306 e. The van der Waals surface area contributed by atoms with E-state index in [-0.39, 0.29) is 37.3 Å². The first kappa shape index (κ1) is 25.4. The Hall–Kier alpha value is -2.70. The van der Waals surface area contributed by atoms with E-state index in [0.29, 0.717) is 47.9 Å². The minimum absolute atomic E-state index is 0.146. The van der Waals surface area contributed by atoms with Crippen LogP contribution in [0.15, 0.2) is 12.1 Å². The fourth-order valence-electron chi connectivity index (χ4n) is 4.71. The third-order valence-electron chi connectivity index (χ3n) is 6.73. The Morgan fingerprint density at radius 3 is 2.77 bits per heavy atom. The number of pyridine rings is 1. The lowest BCUT2D eigenvalue weighted by Gasteiger charge is -2.35. The summed E-state index contributed by atoms with van der Waals surface area (Å²) in [6.45, 7) is 2.35. The molecule has 2 fully saturated rings. The third-order valence-corrected chi connectivity index (χ3v) is 6.73. The minimum atomic E-state index is -2.58. The van der Waals surface area contributed by atoms with Crippen LogP contribution in [0.1, 0.15) is 49.9 Å². The molecule has 10 nitrogen and oxygen atoms in total. The number of alkyl halides is 2. The Balaban J connectivity index is 1.35. The minimum Gasteiger partial charge on any atom is -0.489 e. The number of hydrogen-bond donors (Lipinski definition) is 4. The molecule has 0 spiro atoms. The average Bonchev–Trinajstić information content (AvgIpc) is 3.16. The summed E-state index contributed by atoms with van der Waals surface area (Å²) in [5.41, 5.74) is 2.48. The van der Waals surface area contributed by atoms with Crippen LogP contribution in [0.4, 0.5) is 8.78 Å². The number of aliphatic hydroxyl groups is 1. The number of rotatable bonds is 10. The van der Waals surface area contributed by atoms with Crippen molar-refractivity contribution in [3.05, 3.63) is 23.5 Å². The van der Waals surface area contributed by atoms with Gasteiger partial charge < -0.3 is 14.9 Å². The molecular weight excluding hydrogens is 462 g/mol. The molecule has 1 unspecified atom stereocenters. The van der Waals surface area contributed by atoms with Crippen LogP contribution < -0.4 is 15.4 Å². The van der Waals surface area contributed by atoms with Gasteiger partial charge in [-0.05, 0) is 50.7 Å². The van der Waals surface area contributed by atoms with E-state index in [4.69, 9.17) is 4.74 Å². The molecule has 3 atom stereocenters. The second-order valence-electron chi connectivity index (χ2n) is 9.55. The summed E-state index contributed by atoms with van der Waals surface area (Å²) in [7, 11) is 1.73. The molecule has 4 N–H and O–H groups in total. The van der Waals surface area contributed by atoms with Crippen LogP contribution in [0.25, 0.3) is 11.4 Å². The number of ether oxygens (including phenoxy) is 1. The predicted molar refractivity (Wildman–Crippen MR) is 122 cm³/mol. The highest BCUT2D eigenvalue weighted by molar-refractivity contribution is 5.70. The first-order valence-corrected chi connectivity index (χ1v) is 11.9. The molecule has 192 valence electrons. The van der Waals surface area contributed by atoms with Gasteiger partial charge in [0.05, 0.1) is 29.1 Å². The third kappa shape index (κ3) is 6.30. The van der Waals surface area contributed by atoms with Crippen molar-refractivity contribution in [3.8, 4) is 17.1 Å². The van der Waals surface area contributed by atoms with Gasteiger partial charge in [0.15, 0.2) is 6.35 Å². The van der Waals surface area contributed by atoms with Crippen LogP contribution in [0.5, 0.6) is 5.75 Å². The maximum Gasteiger partial charge on any atom is 0.306 e. The van der Waals surface area contributed by atoms with E-state index in [1.54, 1.807) is 23.9 Å². The van der Waals surface area contributed by atoms with E-state index in [1.807, 2.05) is 6.92 Å². The van der Waals surface area contributed by atoms with Crippen LogP contribution in [0.3, 0.4) is 0 Å². The molecule has 0 saturated heterocycles. The number of hydrogen-bond acceptors (Lipinski definition) is 8. The van der Waals surface area contributed by atoms with Crippen LogP contribution >= 0.6 is 0 Å². The number of carboxylic acids is 1. The molecule has 2 aromatic heterocycles. The SMILES string of the molecule is Cc1nc(-c2nnn(C)c2CNC(O)NCC2CC(F)(F)C2)ccc1O[C@H]1CCC[C@H](C(=O)O)C1. The molecule has 0 amide bonds. The lowest BCUT2D eigenvalue weighted by atomic mass is 9.81. The van der Waals surface area contributed by atoms with Gasteiger partial charge in [0, 0.05) is 33.0 Å². The molecule has 2 aliphatic rings. The number of carboxylic acid groups (broad SMARTS) is 1. The molecule has 2 aliphatic carbocycles. The molecular formula is C23H32F2N6O4. The standard InChI is InChI=1S/C23H32F2N6O4/c1-13-19(35-16-5-3-4-15(8-16)21(32)33)7-6-17(28-13)20-18(31(2)30-29-20)12-27-22(34)26-11-14-9-23(24,25)10-14/h6-7,14-16,22,26-27,34H,3-5,8-12H2,1-2H3,(H,32,33)/t15-,16-,22?/m0/s1. The lowest BCUT2D eigenvalue weighted by molar-refractivity contribution is -0.143. The normalized spacial score (nSPS) is 23.0. The summed E-state index contributed by atoms with van der Waals surface area (Å²) in [6, 6.07) is 3.58. The molecule has 12 heteroatoms. The molecule has 2 heterocycles. The summed E-state index contributed by atoms with van der Waals surface area (Å²) in [4.78, 5) is 15.9. The van der Waals surface area contributed by atoms with Crippen molar-refractivity contribution in [2.24, 2.45) is 18.9 Å². The van der Waals surface area contributed by atoms with E-state index < -0.39 is 18.2 Å². The number of nitrogens with one attached hydrogen (secondary N) is 2. The highest BCUT2D eigenvalue weighted by Gasteiger charge is 2.44. The molecule has 35 heavy (non-hydrogen) atoms. The van der Waals surface area contributed by atoms with Crippen molar-refractivity contribution in [2.75, 3.05) is 6.54 Å². The van der Waals surface area contributed by atoms with Gasteiger partial charge in [-0.2, -0.15) is 0 Å². The Morgan fingerprint density at radius 2 is 2.09 bits per heavy atom. The van der Waals surface area contributed by atoms with Gasteiger partial charge >= 0.3 is 5.97 Å². The summed E-state index contributed by atoms with van der Waals surface area (Å²) in [6.07, 6.45) is 1.24. The molecule has 2 saturated carbocycles. The average molecular weight is 495 g/mol. The zero-order valence-corrected chi connectivity index (χ0v) is 19.9. The van der Waals surface area contributed by atoms with Crippen molar-refractivity contribution in [2.45, 2.75) is 70.4 Å². The zero-order valence-electron chi connectivity index (χ0n) is 19.9. The fraction of sp³-hybridized carbons (Fsp3) is 0.652. The van der Waals surface area contributed by atoms with Gasteiger partial charge in [-0.15, -0.1) is 5.10 Å². The summed E-state index contributed by atoms with van der Waals surface area (Å²) < 4.78 is 33.6. The number of aromatic nitrogens is 4. The molecule has 2 aromatic rings. The first-order valence-electron chi connectivity index (χ1n) is 11.9. The summed E-state index contributed by atoms with van der Waals surface area (Å²) in [5.74, 6) is -3.28. The van der Waals surface area contributed by atoms with Crippen molar-refractivity contribution in [3.63, 3.8) is 0 Å². The number of nitrogens with zero attached hydrogens (tertiary/aromatic N) is 4. The van der Waals surface area contributed by atoms with Crippen molar-refractivity contribution < 1.29 is 28.5 Å². The van der Waals surface area contributed by atoms with Crippen molar-refractivity contribution >= 4 is 5.97 Å². The van der Waals surface area contributed by atoms with Crippen molar-refractivity contribution in [1.29, 1.82) is 0 Å². The van der Waals surface area contributed by atoms with E-state index in [2.05, 4.69) is 25.9 Å². The van der Waals surface area contributed by atoms with Crippen LogP contribution in [0, 0.1) is 18.8 Å². The monoisotopic (exact) mass is 494 g/mol. The number of carbonyl (C=O) groups is 1. The van der Waals surface area contributed by atoms with Crippen LogP contribution in [-0.4, -0.2) is 61.1 Å². The predicted octanol–water partition coefficient (Wildman–Crippen LogP) is 2.21. The Labute approximate surface area is 202 Å². The van der Waals surface area contributed by atoms with Crippen LogP contribution in [0.2, 0.25) is 0 Å². The van der Waals surface area contributed by atoms with Gasteiger partial charge in [0.1, 0.15) is 11.4 Å². The molecule has 0 bridgehead atoms. The number of aliphatic carboxylic acids is 1. The largest absolute Gasteiger partial charge is 0.489 e. The molecule has 0 aliphatic heterocycles. The Bertz CT molecular complexity index is 1040. The first-order chi connectivity index (χ1) is 16.6. The maximum absolute atomic E-state index is 13.0. The Morgan fingerprint density at radius 1 is 1.31 bits per heavy atom. The van der Waals surface area contributed by atoms with Gasteiger partial charge in [-0.3, -0.25) is 20.1 Å². The van der Waals surface area contributed by atoms with E-state index in [9.17, 15) is 23.8 Å². The summed E-state index contributed by atoms with van der Waals surface area (Å²) in [5, 5.41) is 33.5. The zero-order chi connectivity index (χ0) is 25.2. The number of aliphatic hydroxyl groups excluding tert-OH is 1. The van der Waals surface area contributed by atoms with E-state index >= 15 is 0 Å². The maximum atomic E-state index is 13.0. The van der Waals surface area contributed by atoms with Crippen molar-refractivity contribution in [1.82, 2.24) is 30.6 Å². The van der Waals surface area contributed by atoms with E-state index in [1.165, 1.54) is 0 Å². The quantitative estimate of drug-likeness (QED) is 0.367. The molecule has 0 radical (unpaired) electrons. The number of aryl methyl sites for hydroxylation is 2. The highest BCUT2D eigenvalue weighted by atomic mass is 19.3. The van der Waals surface area contributed by atoms with Gasteiger partial charge in [0.2, 0.25) is 5.92 Å².